The first-order valence-corrected chi connectivity index (χ1v) is 7.17. The van der Waals surface area contributed by atoms with E-state index in [-0.39, 0.29) is 57.0 Å². The molecule has 0 radical (unpaired) electrons. The lowest BCUT2D eigenvalue weighted by atomic mass is 10.2. The minimum absolute atomic E-state index is 0.0141. The third kappa shape index (κ3) is 12.7. The summed E-state index contributed by atoms with van der Waals surface area (Å²) in [4.78, 5) is 43.4. The molecule has 8 heteroatoms. The van der Waals surface area contributed by atoms with E-state index in [2.05, 4.69) is 0 Å². The summed E-state index contributed by atoms with van der Waals surface area (Å²) in [5.74, 6) is -0.512. The van der Waals surface area contributed by atoms with Crippen LogP contribution in [0.5, 0.6) is 0 Å². The average Bonchev–Trinajstić information content (AvgIpc) is 2.45. The molecule has 0 aromatic carbocycles. The van der Waals surface area contributed by atoms with E-state index >= 15 is 0 Å². The fourth-order valence-corrected chi connectivity index (χ4v) is 1.55. The Bertz CT molecular complexity index is 393. The molecule has 0 aromatic rings. The van der Waals surface area contributed by atoms with Crippen molar-refractivity contribution in [2.75, 3.05) is 39.6 Å². The highest BCUT2D eigenvalue weighted by Crippen LogP contribution is 2.07. The molecule has 0 aliphatic rings. The summed E-state index contributed by atoms with van der Waals surface area (Å²) in [5, 5.41) is 0. The van der Waals surface area contributed by atoms with E-state index in [1.165, 1.54) is 20.8 Å². The van der Waals surface area contributed by atoms with Crippen LogP contribution < -0.4 is 0 Å². The normalized spacial score (nSPS) is 13.3. The van der Waals surface area contributed by atoms with Gasteiger partial charge in [-0.05, 0) is 20.8 Å². The molecule has 0 bridgehead atoms. The first-order valence-electron chi connectivity index (χ1n) is 7.17. The molecular formula is C15H24O8. The van der Waals surface area contributed by atoms with Gasteiger partial charge in [0.15, 0.2) is 17.3 Å². The van der Waals surface area contributed by atoms with Crippen LogP contribution in [0.2, 0.25) is 0 Å². The maximum absolute atomic E-state index is 11.1. The van der Waals surface area contributed by atoms with E-state index in [0.717, 1.165) is 0 Å². The number of carbonyl (C=O) groups is 4. The number of ether oxygens (including phenoxy) is 4. The monoisotopic (exact) mass is 332 g/mol. The number of rotatable bonds is 15. The standard InChI is InChI=1S/C15H24O8/c1-11(17)6-20-9-14(22-5-4-16)15(23-8-13(3)19)10-21-7-12(2)18/h4,14-15H,5-10H2,1-3H3. The highest BCUT2D eigenvalue weighted by molar-refractivity contribution is 5.77. The highest BCUT2D eigenvalue weighted by atomic mass is 16.6. The minimum Gasteiger partial charge on any atom is -0.371 e. The van der Waals surface area contributed by atoms with Crippen molar-refractivity contribution < 1.29 is 38.1 Å². The number of hydrogen-bond donors (Lipinski definition) is 0. The Balaban J connectivity index is 4.69. The summed E-state index contributed by atoms with van der Waals surface area (Å²) >= 11 is 0. The van der Waals surface area contributed by atoms with Crippen LogP contribution >= 0.6 is 0 Å². The molecule has 2 unspecified atom stereocenters. The molecule has 0 amide bonds. The van der Waals surface area contributed by atoms with Gasteiger partial charge in [-0.1, -0.05) is 0 Å². The van der Waals surface area contributed by atoms with Crippen molar-refractivity contribution in [3.63, 3.8) is 0 Å². The Morgan fingerprint density at radius 2 is 1.22 bits per heavy atom. The summed E-state index contributed by atoms with van der Waals surface area (Å²) in [7, 11) is 0. The Hall–Kier alpha value is -1.48. The van der Waals surface area contributed by atoms with Gasteiger partial charge in [0.25, 0.3) is 0 Å². The van der Waals surface area contributed by atoms with Gasteiger partial charge >= 0.3 is 0 Å². The lowest BCUT2D eigenvalue weighted by Gasteiger charge is -2.26. The van der Waals surface area contributed by atoms with Crippen LogP contribution in [0, 0.1) is 0 Å². The van der Waals surface area contributed by atoms with Gasteiger partial charge < -0.3 is 23.7 Å². The fourth-order valence-electron chi connectivity index (χ4n) is 1.55. The molecule has 0 spiro atoms. The van der Waals surface area contributed by atoms with Crippen molar-refractivity contribution in [2.45, 2.75) is 33.0 Å². The molecule has 0 aromatic heterocycles. The van der Waals surface area contributed by atoms with E-state index < -0.39 is 12.2 Å². The maximum atomic E-state index is 11.1. The maximum Gasteiger partial charge on any atom is 0.155 e. The van der Waals surface area contributed by atoms with Crippen LogP contribution in [0.3, 0.4) is 0 Å². The number of ketones is 3. The largest absolute Gasteiger partial charge is 0.371 e. The van der Waals surface area contributed by atoms with Crippen LogP contribution in [-0.2, 0) is 38.1 Å². The molecule has 0 rings (SSSR count). The van der Waals surface area contributed by atoms with Crippen LogP contribution in [0.4, 0.5) is 0 Å². The van der Waals surface area contributed by atoms with Crippen molar-refractivity contribution in [2.24, 2.45) is 0 Å². The van der Waals surface area contributed by atoms with Crippen molar-refractivity contribution in [1.29, 1.82) is 0 Å². The van der Waals surface area contributed by atoms with E-state index in [0.29, 0.717) is 6.29 Å². The number of carbonyl (C=O) groups excluding carboxylic acids is 4. The molecule has 0 N–H and O–H groups in total. The number of hydrogen-bond acceptors (Lipinski definition) is 8. The van der Waals surface area contributed by atoms with Crippen molar-refractivity contribution >= 4 is 23.6 Å². The third-order valence-corrected chi connectivity index (χ3v) is 2.47. The molecular weight excluding hydrogens is 308 g/mol. The number of aldehydes is 1. The van der Waals surface area contributed by atoms with Crippen molar-refractivity contribution in [3.8, 4) is 0 Å². The van der Waals surface area contributed by atoms with Crippen molar-refractivity contribution in [3.05, 3.63) is 0 Å². The van der Waals surface area contributed by atoms with Gasteiger partial charge in [0.1, 0.15) is 44.9 Å². The molecule has 0 saturated heterocycles. The summed E-state index contributed by atoms with van der Waals surface area (Å²) in [6, 6.07) is 0. The van der Waals surface area contributed by atoms with E-state index in [9.17, 15) is 19.2 Å². The number of Topliss-reactive ketones (excluding diaryl/α,β-unsaturated/α-hetero) is 3. The first kappa shape index (κ1) is 21.5. The van der Waals surface area contributed by atoms with Crippen molar-refractivity contribution in [1.82, 2.24) is 0 Å². The van der Waals surface area contributed by atoms with Gasteiger partial charge in [-0.25, -0.2) is 0 Å². The Labute approximate surface area is 135 Å². The Morgan fingerprint density at radius 3 is 1.61 bits per heavy atom. The fraction of sp³-hybridized carbons (Fsp3) is 0.733. The summed E-state index contributed by atoms with van der Waals surface area (Å²) in [5.41, 5.74) is 0. The van der Waals surface area contributed by atoms with E-state index in [1.54, 1.807) is 0 Å². The Kier molecular flexibility index (Phi) is 12.2. The lowest BCUT2D eigenvalue weighted by Crippen LogP contribution is -2.41. The zero-order valence-electron chi connectivity index (χ0n) is 13.7. The molecule has 0 saturated carbocycles. The summed E-state index contributed by atoms with van der Waals surface area (Å²) in [6.07, 6.45) is -0.868. The molecule has 0 aliphatic carbocycles. The Morgan fingerprint density at radius 1 is 0.783 bits per heavy atom. The van der Waals surface area contributed by atoms with Crippen LogP contribution in [-0.4, -0.2) is 75.5 Å². The average molecular weight is 332 g/mol. The van der Waals surface area contributed by atoms with Gasteiger partial charge in [0.2, 0.25) is 0 Å². The highest BCUT2D eigenvalue weighted by Gasteiger charge is 2.25. The second kappa shape index (κ2) is 13.0. The zero-order valence-corrected chi connectivity index (χ0v) is 13.7. The van der Waals surface area contributed by atoms with E-state index in [4.69, 9.17) is 18.9 Å². The predicted molar refractivity (Wildman–Crippen MR) is 79.2 cm³/mol. The van der Waals surface area contributed by atoms with Gasteiger partial charge in [-0.2, -0.15) is 0 Å². The van der Waals surface area contributed by atoms with Gasteiger partial charge in [-0.15, -0.1) is 0 Å². The second-order valence-corrected chi connectivity index (χ2v) is 5.02. The van der Waals surface area contributed by atoms with Crippen LogP contribution in [0.25, 0.3) is 0 Å². The second-order valence-electron chi connectivity index (χ2n) is 5.02. The molecule has 132 valence electrons. The summed E-state index contributed by atoms with van der Waals surface area (Å²) < 4.78 is 21.1. The molecule has 0 aliphatic heterocycles. The summed E-state index contributed by atoms with van der Waals surface area (Å²) in [6.45, 7) is 3.52. The third-order valence-electron chi connectivity index (χ3n) is 2.47. The van der Waals surface area contributed by atoms with Gasteiger partial charge in [-0.3, -0.25) is 14.4 Å². The van der Waals surface area contributed by atoms with Gasteiger partial charge in [0, 0.05) is 0 Å². The quantitative estimate of drug-likeness (QED) is 0.378. The molecule has 0 fully saturated rings. The predicted octanol–water partition coefficient (Wildman–Crippen LogP) is -0.244. The lowest BCUT2D eigenvalue weighted by molar-refractivity contribution is -0.149. The molecule has 0 heterocycles. The van der Waals surface area contributed by atoms with Crippen LogP contribution in [0.15, 0.2) is 0 Å². The SMILES string of the molecule is CC(=O)COCC(OCC=O)C(COCC(C)=O)OCC(C)=O. The molecule has 8 nitrogen and oxygen atoms in total. The zero-order chi connectivity index (χ0) is 17.7. The topological polar surface area (TPSA) is 105 Å². The molecule has 23 heavy (non-hydrogen) atoms. The van der Waals surface area contributed by atoms with Crippen LogP contribution in [0.1, 0.15) is 20.8 Å². The van der Waals surface area contributed by atoms with E-state index in [1.807, 2.05) is 0 Å². The smallest absolute Gasteiger partial charge is 0.155 e. The molecule has 2 atom stereocenters. The minimum atomic E-state index is -0.717. The van der Waals surface area contributed by atoms with Gasteiger partial charge in [0.05, 0.1) is 13.2 Å². The first-order chi connectivity index (χ1) is 10.9.